The van der Waals surface area contributed by atoms with E-state index in [4.69, 9.17) is 9.84 Å². The van der Waals surface area contributed by atoms with E-state index in [0.29, 0.717) is 32.3 Å². The summed E-state index contributed by atoms with van der Waals surface area (Å²) in [4.78, 5) is 14.9. The molecule has 82 valence electrons. The summed E-state index contributed by atoms with van der Waals surface area (Å²) in [5, 5.41) is 8.72. The van der Waals surface area contributed by atoms with E-state index < -0.39 is 0 Å². The number of aliphatic hydroxyl groups excluding tert-OH is 1. The molecular formula is C9H18N2O3. The van der Waals surface area contributed by atoms with Crippen LogP contribution in [-0.4, -0.2) is 66.9 Å². The number of hydrogen-bond donors (Lipinski definition) is 1. The SMILES string of the molecule is CCOC(=O)N1CC(N(C)CCO)C1. The molecule has 0 aliphatic carbocycles. The molecule has 1 amide bonds. The van der Waals surface area contributed by atoms with Gasteiger partial charge in [-0.1, -0.05) is 0 Å². The standard InChI is InChI=1S/C9H18N2O3/c1-3-14-9(13)11-6-8(7-11)10(2)4-5-12/h8,12H,3-7H2,1-2H3. The Kier molecular flexibility index (Phi) is 4.16. The maximum atomic E-state index is 11.2. The molecular weight excluding hydrogens is 184 g/mol. The molecule has 0 spiro atoms. The first-order chi connectivity index (χ1) is 6.69. The summed E-state index contributed by atoms with van der Waals surface area (Å²) in [5.41, 5.74) is 0. The maximum Gasteiger partial charge on any atom is 0.409 e. The Hall–Kier alpha value is -0.810. The highest BCUT2D eigenvalue weighted by atomic mass is 16.6. The molecule has 1 N–H and O–H groups in total. The Morgan fingerprint density at radius 3 is 2.79 bits per heavy atom. The van der Waals surface area contributed by atoms with Gasteiger partial charge in [0.25, 0.3) is 0 Å². The Bertz CT molecular complexity index is 192. The predicted molar refractivity (Wildman–Crippen MR) is 52.1 cm³/mol. The van der Waals surface area contributed by atoms with E-state index in [1.165, 1.54) is 0 Å². The molecule has 5 nitrogen and oxygen atoms in total. The predicted octanol–water partition coefficient (Wildman–Crippen LogP) is -0.249. The number of nitrogens with zero attached hydrogens (tertiary/aromatic N) is 2. The number of ether oxygens (including phenoxy) is 1. The van der Waals surface area contributed by atoms with Gasteiger partial charge in [-0.3, -0.25) is 4.90 Å². The number of amides is 1. The fourth-order valence-electron chi connectivity index (χ4n) is 1.44. The summed E-state index contributed by atoms with van der Waals surface area (Å²) in [6, 6.07) is 0.367. The van der Waals surface area contributed by atoms with Crippen molar-refractivity contribution in [2.75, 3.05) is 39.9 Å². The fourth-order valence-corrected chi connectivity index (χ4v) is 1.44. The molecule has 0 radical (unpaired) electrons. The number of hydrogen-bond acceptors (Lipinski definition) is 4. The van der Waals surface area contributed by atoms with E-state index in [9.17, 15) is 4.79 Å². The molecule has 1 aliphatic rings. The van der Waals surface area contributed by atoms with Crippen molar-refractivity contribution in [2.24, 2.45) is 0 Å². The van der Waals surface area contributed by atoms with Crippen LogP contribution in [0.2, 0.25) is 0 Å². The number of aliphatic hydroxyl groups is 1. The lowest BCUT2D eigenvalue weighted by Crippen LogP contribution is -2.60. The van der Waals surface area contributed by atoms with Crippen LogP contribution in [0.25, 0.3) is 0 Å². The van der Waals surface area contributed by atoms with Crippen LogP contribution < -0.4 is 0 Å². The van der Waals surface area contributed by atoms with E-state index in [1.54, 1.807) is 11.8 Å². The van der Waals surface area contributed by atoms with Crippen molar-refractivity contribution in [3.8, 4) is 0 Å². The van der Waals surface area contributed by atoms with Gasteiger partial charge in [0.15, 0.2) is 0 Å². The monoisotopic (exact) mass is 202 g/mol. The lowest BCUT2D eigenvalue weighted by Gasteiger charge is -2.42. The van der Waals surface area contributed by atoms with Crippen LogP contribution in [0.15, 0.2) is 0 Å². The van der Waals surface area contributed by atoms with Crippen LogP contribution in [0, 0.1) is 0 Å². The Labute approximate surface area is 84.2 Å². The molecule has 0 unspecified atom stereocenters. The molecule has 1 aliphatic heterocycles. The summed E-state index contributed by atoms with van der Waals surface area (Å²) in [5.74, 6) is 0. The van der Waals surface area contributed by atoms with E-state index >= 15 is 0 Å². The molecule has 0 bridgehead atoms. The number of carbonyl (C=O) groups is 1. The van der Waals surface area contributed by atoms with Crippen LogP contribution >= 0.6 is 0 Å². The van der Waals surface area contributed by atoms with Gasteiger partial charge in [0.1, 0.15) is 0 Å². The third-order valence-electron chi connectivity index (χ3n) is 2.46. The molecule has 0 atom stereocenters. The molecule has 1 heterocycles. The molecule has 0 aromatic heterocycles. The molecule has 14 heavy (non-hydrogen) atoms. The van der Waals surface area contributed by atoms with Crippen molar-refractivity contribution >= 4 is 6.09 Å². The minimum Gasteiger partial charge on any atom is -0.450 e. The lowest BCUT2D eigenvalue weighted by atomic mass is 10.1. The first-order valence-corrected chi connectivity index (χ1v) is 4.91. The molecule has 5 heteroatoms. The largest absolute Gasteiger partial charge is 0.450 e. The van der Waals surface area contributed by atoms with Crippen LogP contribution in [-0.2, 0) is 4.74 Å². The van der Waals surface area contributed by atoms with Crippen molar-refractivity contribution in [3.63, 3.8) is 0 Å². The Morgan fingerprint density at radius 2 is 2.29 bits per heavy atom. The van der Waals surface area contributed by atoms with Gasteiger partial charge in [0.05, 0.1) is 13.2 Å². The third kappa shape index (κ3) is 2.59. The zero-order valence-corrected chi connectivity index (χ0v) is 8.77. The number of carbonyl (C=O) groups excluding carboxylic acids is 1. The quantitative estimate of drug-likeness (QED) is 0.683. The number of likely N-dealkylation sites (tertiary alicyclic amines) is 1. The maximum absolute atomic E-state index is 11.2. The van der Waals surface area contributed by atoms with E-state index in [-0.39, 0.29) is 12.7 Å². The summed E-state index contributed by atoms with van der Waals surface area (Å²) in [6.45, 7) is 4.44. The average molecular weight is 202 g/mol. The van der Waals surface area contributed by atoms with Crippen molar-refractivity contribution in [2.45, 2.75) is 13.0 Å². The van der Waals surface area contributed by atoms with Crippen LogP contribution in [0.5, 0.6) is 0 Å². The minimum absolute atomic E-state index is 0.159. The van der Waals surface area contributed by atoms with Gasteiger partial charge in [-0.25, -0.2) is 4.79 Å². The first kappa shape index (κ1) is 11.3. The Morgan fingerprint density at radius 1 is 1.64 bits per heavy atom. The summed E-state index contributed by atoms with van der Waals surface area (Å²) in [7, 11) is 1.95. The lowest BCUT2D eigenvalue weighted by molar-refractivity contribution is 0.0279. The smallest absolute Gasteiger partial charge is 0.409 e. The second-order valence-electron chi connectivity index (χ2n) is 3.46. The zero-order chi connectivity index (χ0) is 10.6. The summed E-state index contributed by atoms with van der Waals surface area (Å²) >= 11 is 0. The average Bonchev–Trinajstić information content (AvgIpc) is 2.02. The fraction of sp³-hybridized carbons (Fsp3) is 0.889. The highest BCUT2D eigenvalue weighted by Crippen LogP contribution is 2.14. The minimum atomic E-state index is -0.235. The number of likely N-dealkylation sites (N-methyl/N-ethyl adjacent to an activating group) is 1. The van der Waals surface area contributed by atoms with Crippen LogP contribution in [0.3, 0.4) is 0 Å². The Balaban J connectivity index is 2.19. The summed E-state index contributed by atoms with van der Waals surface area (Å²) < 4.78 is 4.85. The second-order valence-corrected chi connectivity index (χ2v) is 3.46. The first-order valence-electron chi connectivity index (χ1n) is 4.91. The van der Waals surface area contributed by atoms with Crippen molar-refractivity contribution in [3.05, 3.63) is 0 Å². The number of rotatable bonds is 4. The van der Waals surface area contributed by atoms with E-state index in [0.717, 1.165) is 0 Å². The highest BCUT2D eigenvalue weighted by Gasteiger charge is 2.33. The van der Waals surface area contributed by atoms with Gasteiger partial charge in [-0.15, -0.1) is 0 Å². The molecule has 1 rings (SSSR count). The van der Waals surface area contributed by atoms with Gasteiger partial charge >= 0.3 is 6.09 Å². The molecule has 1 saturated heterocycles. The van der Waals surface area contributed by atoms with Crippen molar-refractivity contribution < 1.29 is 14.6 Å². The van der Waals surface area contributed by atoms with Gasteiger partial charge in [0.2, 0.25) is 0 Å². The molecule has 0 saturated carbocycles. The molecule has 0 aromatic carbocycles. The van der Waals surface area contributed by atoms with Crippen LogP contribution in [0.1, 0.15) is 6.92 Å². The van der Waals surface area contributed by atoms with E-state index in [1.807, 2.05) is 7.05 Å². The normalized spacial score (nSPS) is 17.0. The second kappa shape index (κ2) is 5.17. The van der Waals surface area contributed by atoms with E-state index in [2.05, 4.69) is 4.90 Å². The topological polar surface area (TPSA) is 53.0 Å². The molecule has 0 aromatic rings. The van der Waals surface area contributed by atoms with Gasteiger partial charge < -0.3 is 14.7 Å². The van der Waals surface area contributed by atoms with Crippen molar-refractivity contribution in [1.82, 2.24) is 9.80 Å². The van der Waals surface area contributed by atoms with Gasteiger partial charge in [-0.2, -0.15) is 0 Å². The van der Waals surface area contributed by atoms with Gasteiger partial charge in [-0.05, 0) is 14.0 Å². The highest BCUT2D eigenvalue weighted by molar-refractivity contribution is 5.68. The molecule has 1 fully saturated rings. The third-order valence-corrected chi connectivity index (χ3v) is 2.46. The summed E-state index contributed by atoms with van der Waals surface area (Å²) in [6.07, 6.45) is -0.235. The van der Waals surface area contributed by atoms with Crippen molar-refractivity contribution in [1.29, 1.82) is 0 Å². The van der Waals surface area contributed by atoms with Gasteiger partial charge in [0, 0.05) is 25.7 Å². The zero-order valence-electron chi connectivity index (χ0n) is 8.77. The van der Waals surface area contributed by atoms with Crippen LogP contribution in [0.4, 0.5) is 4.79 Å².